The Balaban J connectivity index is 1.85. The SMILES string of the molecule is CSc1nc2ncn(CC(=O)Nc3c(C)cc(C)cc3C)c(=O)c2s1. The summed E-state index contributed by atoms with van der Waals surface area (Å²) in [5, 5.41) is 2.90. The number of fused-ring (bicyclic) bond motifs is 1. The van der Waals surface area contributed by atoms with Crippen LogP contribution in [0.1, 0.15) is 16.7 Å². The lowest BCUT2D eigenvalue weighted by Crippen LogP contribution is -2.28. The molecular weight excluding hydrogens is 356 g/mol. The fourth-order valence-electron chi connectivity index (χ4n) is 2.74. The van der Waals surface area contributed by atoms with E-state index in [0.29, 0.717) is 10.3 Å². The predicted octanol–water partition coefficient (Wildman–Crippen LogP) is 3.14. The maximum atomic E-state index is 12.5. The van der Waals surface area contributed by atoms with Crippen LogP contribution in [0.5, 0.6) is 0 Å². The maximum Gasteiger partial charge on any atom is 0.273 e. The first-order valence-electron chi connectivity index (χ1n) is 7.66. The first-order valence-corrected chi connectivity index (χ1v) is 9.71. The van der Waals surface area contributed by atoms with Gasteiger partial charge >= 0.3 is 0 Å². The van der Waals surface area contributed by atoms with Gasteiger partial charge in [-0.05, 0) is 38.2 Å². The van der Waals surface area contributed by atoms with Crippen molar-refractivity contribution in [1.29, 1.82) is 0 Å². The Labute approximate surface area is 153 Å². The number of anilines is 1. The van der Waals surface area contributed by atoms with Crippen molar-refractivity contribution in [1.82, 2.24) is 14.5 Å². The van der Waals surface area contributed by atoms with E-state index in [9.17, 15) is 9.59 Å². The normalized spacial score (nSPS) is 11.0. The molecule has 0 saturated heterocycles. The molecule has 0 saturated carbocycles. The fourth-order valence-corrected chi connectivity index (χ4v) is 4.20. The van der Waals surface area contributed by atoms with Crippen LogP contribution in [-0.4, -0.2) is 26.7 Å². The number of rotatable bonds is 4. The third-order valence-corrected chi connectivity index (χ3v) is 5.81. The molecule has 0 atom stereocenters. The number of aryl methyl sites for hydroxylation is 3. The van der Waals surface area contributed by atoms with Crippen LogP contribution >= 0.6 is 23.1 Å². The molecule has 1 aromatic carbocycles. The lowest BCUT2D eigenvalue weighted by atomic mass is 10.1. The average molecular weight is 374 g/mol. The van der Waals surface area contributed by atoms with E-state index < -0.39 is 0 Å². The summed E-state index contributed by atoms with van der Waals surface area (Å²) in [6, 6.07) is 4.04. The Bertz CT molecular complexity index is 1000. The highest BCUT2D eigenvalue weighted by Gasteiger charge is 2.14. The van der Waals surface area contributed by atoms with E-state index in [1.165, 1.54) is 34.0 Å². The highest BCUT2D eigenvalue weighted by Crippen LogP contribution is 2.24. The number of benzene rings is 1. The van der Waals surface area contributed by atoms with E-state index in [2.05, 4.69) is 15.3 Å². The molecule has 0 aliphatic rings. The molecule has 130 valence electrons. The second-order valence-corrected chi connectivity index (χ2v) is 7.89. The van der Waals surface area contributed by atoms with Crippen LogP contribution in [0.15, 0.2) is 27.6 Å². The van der Waals surface area contributed by atoms with Gasteiger partial charge in [0.05, 0.1) is 0 Å². The van der Waals surface area contributed by atoms with E-state index in [1.807, 2.05) is 39.2 Å². The highest BCUT2D eigenvalue weighted by molar-refractivity contribution is 8.00. The van der Waals surface area contributed by atoms with Gasteiger partial charge in [0.1, 0.15) is 17.6 Å². The van der Waals surface area contributed by atoms with Crippen LogP contribution in [-0.2, 0) is 11.3 Å². The Morgan fingerprint density at radius 1 is 1.28 bits per heavy atom. The molecule has 3 rings (SSSR count). The van der Waals surface area contributed by atoms with Gasteiger partial charge in [-0.15, -0.1) is 11.3 Å². The van der Waals surface area contributed by atoms with Crippen molar-refractivity contribution in [2.75, 3.05) is 11.6 Å². The Kier molecular flexibility index (Phi) is 4.91. The monoisotopic (exact) mass is 374 g/mol. The standard InChI is InChI=1S/C17H18N4O2S2/c1-9-5-10(2)13(11(3)6-9)19-12(22)7-21-8-18-15-14(16(21)23)25-17(20-15)24-4/h5-6,8H,7H2,1-4H3,(H,19,22). The molecule has 2 heterocycles. The van der Waals surface area contributed by atoms with Crippen LogP contribution in [0.2, 0.25) is 0 Å². The Hall–Kier alpha value is -2.19. The molecule has 25 heavy (non-hydrogen) atoms. The van der Waals surface area contributed by atoms with Crippen molar-refractivity contribution in [3.05, 3.63) is 45.5 Å². The quantitative estimate of drug-likeness (QED) is 0.710. The van der Waals surface area contributed by atoms with Crippen LogP contribution in [0.3, 0.4) is 0 Å². The molecule has 1 amide bonds. The number of carbonyl (C=O) groups excluding carboxylic acids is 1. The predicted molar refractivity (Wildman–Crippen MR) is 103 cm³/mol. The van der Waals surface area contributed by atoms with Crippen LogP contribution in [0.25, 0.3) is 10.3 Å². The molecule has 6 nitrogen and oxygen atoms in total. The van der Waals surface area contributed by atoms with Gasteiger partial charge in [0, 0.05) is 5.69 Å². The van der Waals surface area contributed by atoms with Crippen LogP contribution < -0.4 is 10.9 Å². The third-order valence-electron chi connectivity index (χ3n) is 3.79. The topological polar surface area (TPSA) is 76.9 Å². The Morgan fingerprint density at radius 3 is 2.60 bits per heavy atom. The van der Waals surface area contributed by atoms with Crippen LogP contribution in [0, 0.1) is 20.8 Å². The smallest absolute Gasteiger partial charge is 0.273 e. The molecule has 0 fully saturated rings. The first kappa shape index (κ1) is 17.6. The highest BCUT2D eigenvalue weighted by atomic mass is 32.2. The molecule has 8 heteroatoms. The zero-order valence-electron chi connectivity index (χ0n) is 14.4. The number of aromatic nitrogens is 3. The maximum absolute atomic E-state index is 12.5. The number of thioether (sulfide) groups is 1. The molecule has 2 aromatic heterocycles. The number of nitrogens with zero attached hydrogens (tertiary/aromatic N) is 3. The molecule has 0 aliphatic carbocycles. The van der Waals surface area contributed by atoms with E-state index in [0.717, 1.165) is 26.7 Å². The van der Waals surface area contributed by atoms with Crippen molar-refractivity contribution in [2.24, 2.45) is 0 Å². The fraction of sp³-hybridized carbons (Fsp3) is 0.294. The largest absolute Gasteiger partial charge is 0.324 e. The van der Waals surface area contributed by atoms with E-state index in [4.69, 9.17) is 0 Å². The molecule has 0 spiro atoms. The number of hydrogen-bond acceptors (Lipinski definition) is 6. The summed E-state index contributed by atoms with van der Waals surface area (Å²) in [5.74, 6) is -0.257. The summed E-state index contributed by atoms with van der Waals surface area (Å²) >= 11 is 2.77. The van der Waals surface area contributed by atoms with Crippen molar-refractivity contribution in [2.45, 2.75) is 31.7 Å². The summed E-state index contributed by atoms with van der Waals surface area (Å²) in [4.78, 5) is 33.4. The molecule has 0 radical (unpaired) electrons. The first-order chi connectivity index (χ1) is 11.9. The molecule has 0 aliphatic heterocycles. The number of thiazole rings is 1. The van der Waals surface area contributed by atoms with Crippen molar-refractivity contribution >= 4 is 45.0 Å². The molecule has 0 unspecified atom stereocenters. The van der Waals surface area contributed by atoms with Gasteiger partial charge < -0.3 is 5.32 Å². The van der Waals surface area contributed by atoms with Gasteiger partial charge in [0.2, 0.25) is 5.91 Å². The van der Waals surface area contributed by atoms with Crippen molar-refractivity contribution in [3.8, 4) is 0 Å². The molecule has 1 N–H and O–H groups in total. The van der Waals surface area contributed by atoms with Crippen molar-refractivity contribution < 1.29 is 4.79 Å². The van der Waals surface area contributed by atoms with E-state index in [-0.39, 0.29) is 18.0 Å². The number of hydrogen-bond donors (Lipinski definition) is 1. The molecular formula is C17H18N4O2S2. The number of carbonyl (C=O) groups is 1. The summed E-state index contributed by atoms with van der Waals surface area (Å²) in [5.41, 5.74) is 4.13. The van der Waals surface area contributed by atoms with E-state index >= 15 is 0 Å². The van der Waals surface area contributed by atoms with Gasteiger partial charge in [0.15, 0.2) is 9.99 Å². The number of amides is 1. The van der Waals surface area contributed by atoms with E-state index in [1.54, 1.807) is 0 Å². The zero-order chi connectivity index (χ0) is 18.1. The van der Waals surface area contributed by atoms with Gasteiger partial charge in [0.25, 0.3) is 5.56 Å². The summed E-state index contributed by atoms with van der Waals surface area (Å²) in [6.45, 7) is 5.85. The minimum Gasteiger partial charge on any atom is -0.324 e. The van der Waals surface area contributed by atoms with Gasteiger partial charge in [-0.3, -0.25) is 14.2 Å². The van der Waals surface area contributed by atoms with Crippen molar-refractivity contribution in [3.63, 3.8) is 0 Å². The summed E-state index contributed by atoms with van der Waals surface area (Å²) in [6.07, 6.45) is 3.28. The lowest BCUT2D eigenvalue weighted by Gasteiger charge is -2.13. The molecule has 0 bridgehead atoms. The Morgan fingerprint density at radius 2 is 1.96 bits per heavy atom. The van der Waals surface area contributed by atoms with Gasteiger partial charge in [-0.25, -0.2) is 9.97 Å². The average Bonchev–Trinajstić information content (AvgIpc) is 2.98. The molecule has 3 aromatic rings. The zero-order valence-corrected chi connectivity index (χ0v) is 16.0. The summed E-state index contributed by atoms with van der Waals surface area (Å²) in [7, 11) is 0. The van der Waals surface area contributed by atoms with Gasteiger partial charge in [-0.2, -0.15) is 0 Å². The lowest BCUT2D eigenvalue weighted by molar-refractivity contribution is -0.116. The minimum absolute atomic E-state index is 0.0823. The minimum atomic E-state index is -0.257. The van der Waals surface area contributed by atoms with Gasteiger partial charge in [-0.1, -0.05) is 29.5 Å². The second-order valence-electron chi connectivity index (χ2n) is 5.84. The second kappa shape index (κ2) is 6.97. The van der Waals surface area contributed by atoms with Crippen LogP contribution in [0.4, 0.5) is 5.69 Å². The third kappa shape index (κ3) is 3.59. The number of nitrogens with one attached hydrogen (secondary N) is 1. The summed E-state index contributed by atoms with van der Waals surface area (Å²) < 4.78 is 2.58.